The molecule has 0 radical (unpaired) electrons. The molecule has 11 heteroatoms. The first-order valence-corrected chi connectivity index (χ1v) is 15.4. The minimum Gasteiger partial charge on any atom is -0.497 e. The number of thioether (sulfide) groups is 1. The lowest BCUT2D eigenvalue weighted by molar-refractivity contribution is -0.148. The molecule has 2 aromatic rings. The van der Waals surface area contributed by atoms with Crippen molar-refractivity contribution in [2.45, 2.75) is 59.5 Å². The highest BCUT2D eigenvalue weighted by atomic mass is 32.2. The van der Waals surface area contributed by atoms with Crippen molar-refractivity contribution in [3.05, 3.63) is 61.8 Å². The highest BCUT2D eigenvalue weighted by molar-refractivity contribution is 8.26. The number of hydrogen-bond donors (Lipinski definition) is 0. The second-order valence-electron chi connectivity index (χ2n) is 10.3. The molecule has 1 aromatic carbocycles. The molecule has 9 nitrogen and oxygen atoms in total. The van der Waals surface area contributed by atoms with Crippen molar-refractivity contribution in [3.8, 4) is 11.8 Å². The van der Waals surface area contributed by atoms with Gasteiger partial charge in [-0.25, -0.2) is 0 Å². The molecule has 1 atom stereocenters. The summed E-state index contributed by atoms with van der Waals surface area (Å²) >= 11 is 6.81. The number of aromatic nitrogens is 1. The molecule has 2 saturated heterocycles. The van der Waals surface area contributed by atoms with Crippen LogP contribution in [0.1, 0.15) is 61.8 Å². The van der Waals surface area contributed by atoms with E-state index >= 15 is 0 Å². The Hall–Kier alpha value is -3.62. The third-order valence-corrected chi connectivity index (χ3v) is 8.95. The van der Waals surface area contributed by atoms with E-state index in [0.717, 1.165) is 30.6 Å². The molecule has 1 aromatic heterocycles. The lowest BCUT2D eigenvalue weighted by atomic mass is 9.96. The molecule has 42 heavy (non-hydrogen) atoms. The molecule has 2 fully saturated rings. The SMILES string of the molecule is CCCCn1c(N2CCCC(C(=O)OCC)C2)c(C=C2SC(=S)N(Cc3ccc(OC)cc3)C2=O)c(C)c(C#N)c1=O. The second kappa shape index (κ2) is 14.0. The van der Waals surface area contributed by atoms with Crippen LogP contribution < -0.4 is 15.2 Å². The Morgan fingerprint density at radius 3 is 2.62 bits per heavy atom. The van der Waals surface area contributed by atoms with Crippen LogP contribution >= 0.6 is 24.0 Å². The van der Waals surface area contributed by atoms with E-state index in [2.05, 4.69) is 6.07 Å². The highest BCUT2D eigenvalue weighted by Gasteiger charge is 2.35. The van der Waals surface area contributed by atoms with E-state index in [1.54, 1.807) is 36.5 Å². The van der Waals surface area contributed by atoms with Gasteiger partial charge >= 0.3 is 5.97 Å². The summed E-state index contributed by atoms with van der Waals surface area (Å²) in [5.41, 5.74) is 1.72. The van der Waals surface area contributed by atoms with Gasteiger partial charge in [-0.15, -0.1) is 0 Å². The maximum atomic E-state index is 13.7. The molecule has 2 aliphatic heterocycles. The smallest absolute Gasteiger partial charge is 0.310 e. The molecular weight excluding hydrogens is 572 g/mol. The van der Waals surface area contributed by atoms with Gasteiger partial charge in [0.25, 0.3) is 11.5 Å². The standard InChI is InChI=1S/C31H36N4O5S2/c1-5-7-15-34-27(33-14-8-9-22(19-33)30(38)40-6-2)24(20(3)25(17-32)28(34)36)16-26-29(37)35(31(41)42-26)18-21-10-12-23(39-4)13-11-21/h10-13,16,22H,5-9,14-15,18-19H2,1-4H3. The van der Waals surface area contributed by atoms with Crippen molar-refractivity contribution in [1.82, 2.24) is 9.47 Å². The fraction of sp³-hybridized carbons (Fsp3) is 0.452. The molecule has 0 bridgehead atoms. The maximum absolute atomic E-state index is 13.7. The predicted octanol–water partition coefficient (Wildman–Crippen LogP) is 5.02. The van der Waals surface area contributed by atoms with Crippen LogP contribution in [-0.2, 0) is 27.4 Å². The summed E-state index contributed by atoms with van der Waals surface area (Å²) in [7, 11) is 1.60. The van der Waals surface area contributed by atoms with Gasteiger partial charge < -0.3 is 14.4 Å². The minimum absolute atomic E-state index is 0.0498. The Morgan fingerprint density at radius 2 is 1.98 bits per heavy atom. The number of amides is 1. The fourth-order valence-electron chi connectivity index (χ4n) is 5.31. The number of carbonyl (C=O) groups is 2. The number of anilines is 1. The molecule has 0 saturated carbocycles. The van der Waals surface area contributed by atoms with E-state index < -0.39 is 0 Å². The Kier molecular flexibility index (Phi) is 10.5. The van der Waals surface area contributed by atoms with Crippen LogP contribution in [-0.4, -0.2) is 52.5 Å². The summed E-state index contributed by atoms with van der Waals surface area (Å²) in [4.78, 5) is 44.0. The number of rotatable bonds is 10. The highest BCUT2D eigenvalue weighted by Crippen LogP contribution is 2.37. The Bertz CT molecular complexity index is 1490. The zero-order valence-electron chi connectivity index (χ0n) is 24.5. The first-order chi connectivity index (χ1) is 20.2. The largest absolute Gasteiger partial charge is 0.497 e. The van der Waals surface area contributed by atoms with Crippen LogP contribution in [0.15, 0.2) is 34.0 Å². The maximum Gasteiger partial charge on any atom is 0.310 e. The van der Waals surface area contributed by atoms with Crippen molar-refractivity contribution in [2.24, 2.45) is 5.92 Å². The van der Waals surface area contributed by atoms with E-state index in [1.807, 2.05) is 36.1 Å². The molecule has 1 amide bonds. The lowest BCUT2D eigenvalue weighted by Gasteiger charge is -2.36. The zero-order chi connectivity index (χ0) is 30.4. The Labute approximate surface area is 256 Å². The van der Waals surface area contributed by atoms with Crippen LogP contribution in [0.5, 0.6) is 5.75 Å². The number of ether oxygens (including phenoxy) is 2. The molecule has 0 aliphatic carbocycles. The van der Waals surface area contributed by atoms with E-state index in [-0.39, 0.29) is 28.9 Å². The molecule has 4 rings (SSSR count). The number of benzene rings is 1. The monoisotopic (exact) mass is 608 g/mol. The second-order valence-corrected chi connectivity index (χ2v) is 12.0. The number of nitriles is 1. The van der Waals surface area contributed by atoms with Crippen LogP contribution in [0.25, 0.3) is 6.08 Å². The summed E-state index contributed by atoms with van der Waals surface area (Å²) in [5, 5.41) is 9.98. The first-order valence-electron chi connectivity index (χ1n) is 14.2. The van der Waals surface area contributed by atoms with Gasteiger partial charge in [-0.1, -0.05) is 49.5 Å². The number of unbranched alkanes of at least 4 members (excludes halogenated alkanes) is 1. The average molecular weight is 609 g/mol. The molecular formula is C31H36N4O5S2. The van der Waals surface area contributed by atoms with Crippen molar-refractivity contribution in [2.75, 3.05) is 31.7 Å². The number of nitrogens with zero attached hydrogens (tertiary/aromatic N) is 4. The van der Waals surface area contributed by atoms with Crippen molar-refractivity contribution in [3.63, 3.8) is 0 Å². The predicted molar refractivity (Wildman–Crippen MR) is 168 cm³/mol. The number of methoxy groups -OCH3 is 1. The minimum atomic E-state index is -0.360. The van der Waals surface area contributed by atoms with Gasteiger partial charge in [0.1, 0.15) is 27.5 Å². The summed E-state index contributed by atoms with van der Waals surface area (Å²) in [6.07, 6.45) is 4.79. The van der Waals surface area contributed by atoms with Crippen LogP contribution in [0.4, 0.5) is 5.82 Å². The Balaban J connectivity index is 1.79. The van der Waals surface area contributed by atoms with Gasteiger partial charge in [0.15, 0.2) is 0 Å². The topological polar surface area (TPSA) is 105 Å². The molecule has 0 spiro atoms. The van der Waals surface area contributed by atoms with Gasteiger partial charge in [-0.05, 0) is 62.4 Å². The van der Waals surface area contributed by atoms with Gasteiger partial charge in [-0.3, -0.25) is 23.9 Å². The van der Waals surface area contributed by atoms with Gasteiger partial charge in [0.2, 0.25) is 0 Å². The molecule has 222 valence electrons. The lowest BCUT2D eigenvalue weighted by Crippen LogP contribution is -2.43. The van der Waals surface area contributed by atoms with Crippen LogP contribution in [0, 0.1) is 24.2 Å². The van der Waals surface area contributed by atoms with Gasteiger partial charge in [0.05, 0.1) is 31.1 Å². The van der Waals surface area contributed by atoms with Crippen molar-refractivity contribution < 1.29 is 19.1 Å². The number of pyridine rings is 1. The average Bonchev–Trinajstić information content (AvgIpc) is 3.25. The van der Waals surface area contributed by atoms with Crippen LogP contribution in [0.3, 0.4) is 0 Å². The van der Waals surface area contributed by atoms with E-state index in [0.29, 0.717) is 65.4 Å². The molecule has 2 aliphatic rings. The molecule has 1 unspecified atom stereocenters. The van der Waals surface area contributed by atoms with E-state index in [1.165, 1.54) is 11.8 Å². The van der Waals surface area contributed by atoms with Crippen molar-refractivity contribution in [1.29, 1.82) is 5.26 Å². The summed E-state index contributed by atoms with van der Waals surface area (Å²) in [6, 6.07) is 9.55. The number of hydrogen-bond acceptors (Lipinski definition) is 9. The number of esters is 1. The first kappa shape index (κ1) is 31.3. The van der Waals surface area contributed by atoms with E-state index in [4.69, 9.17) is 21.7 Å². The van der Waals surface area contributed by atoms with Crippen molar-refractivity contribution >= 4 is 52.1 Å². The quantitative estimate of drug-likeness (QED) is 0.209. The third-order valence-electron chi connectivity index (χ3n) is 7.57. The molecule has 0 N–H and O–H groups in total. The summed E-state index contributed by atoms with van der Waals surface area (Å²) < 4.78 is 12.6. The number of carbonyl (C=O) groups excluding carboxylic acids is 2. The van der Waals surface area contributed by atoms with Gasteiger partial charge in [-0.2, -0.15) is 5.26 Å². The molecule has 3 heterocycles. The normalized spacial score (nSPS) is 18.0. The van der Waals surface area contributed by atoms with Crippen LogP contribution in [0.2, 0.25) is 0 Å². The fourth-order valence-corrected chi connectivity index (χ4v) is 6.55. The third kappa shape index (κ3) is 6.55. The summed E-state index contributed by atoms with van der Waals surface area (Å²) in [6.45, 7) is 7.61. The summed E-state index contributed by atoms with van der Waals surface area (Å²) in [5.74, 6) is 0.524. The number of thiocarbonyl (C=S) groups is 1. The Morgan fingerprint density at radius 1 is 1.24 bits per heavy atom. The zero-order valence-corrected chi connectivity index (χ0v) is 26.1. The van der Waals surface area contributed by atoms with E-state index in [9.17, 15) is 19.6 Å². The number of piperidine rings is 1. The van der Waals surface area contributed by atoms with Gasteiger partial charge in [0, 0.05) is 25.2 Å².